The van der Waals surface area contributed by atoms with Crippen LogP contribution in [-0.2, 0) is 4.74 Å². The molecule has 0 amide bonds. The van der Waals surface area contributed by atoms with Crippen LogP contribution in [0.5, 0.6) is 0 Å². The number of hydrogen-bond acceptors (Lipinski definition) is 7. The average molecular weight is 357 g/mol. The lowest BCUT2D eigenvalue weighted by Gasteiger charge is -2.39. The van der Waals surface area contributed by atoms with Gasteiger partial charge in [-0.2, -0.15) is 0 Å². The number of ether oxygens (including phenoxy) is 1. The largest absolute Gasteiger partial charge is 0.403 e. The second-order valence-electron chi connectivity index (χ2n) is 7.38. The van der Waals surface area contributed by atoms with Crippen LogP contribution in [0.2, 0.25) is 0 Å². The van der Waals surface area contributed by atoms with E-state index in [-0.39, 0.29) is 0 Å². The van der Waals surface area contributed by atoms with E-state index < -0.39 is 0 Å². The van der Waals surface area contributed by atoms with Crippen molar-refractivity contribution < 1.29 is 9.15 Å². The number of aromatic nitrogens is 3. The van der Waals surface area contributed by atoms with Crippen molar-refractivity contribution in [2.24, 2.45) is 0 Å². The quantitative estimate of drug-likeness (QED) is 0.833. The monoisotopic (exact) mass is 357 g/mol. The molecule has 2 aromatic rings. The molecule has 0 bridgehead atoms. The van der Waals surface area contributed by atoms with Crippen molar-refractivity contribution in [3.8, 4) is 11.5 Å². The van der Waals surface area contributed by atoms with Gasteiger partial charge in [0.2, 0.25) is 0 Å². The number of pyridine rings is 1. The van der Waals surface area contributed by atoms with Gasteiger partial charge in [-0.05, 0) is 30.9 Å². The van der Waals surface area contributed by atoms with Gasteiger partial charge in [-0.15, -0.1) is 5.10 Å². The van der Waals surface area contributed by atoms with Gasteiger partial charge in [-0.25, -0.2) is 0 Å². The summed E-state index contributed by atoms with van der Waals surface area (Å²) in [6.07, 6.45) is 4.07. The summed E-state index contributed by atoms with van der Waals surface area (Å²) in [6, 6.07) is 5.29. The Bertz CT molecular complexity index is 701. The third kappa shape index (κ3) is 3.73. The minimum atomic E-state index is 0.412. The Balaban J connectivity index is 1.37. The van der Waals surface area contributed by atoms with Gasteiger partial charge in [-0.3, -0.25) is 9.88 Å². The van der Waals surface area contributed by atoms with Gasteiger partial charge in [0.25, 0.3) is 5.89 Å². The van der Waals surface area contributed by atoms with E-state index in [9.17, 15) is 0 Å². The zero-order valence-corrected chi connectivity index (χ0v) is 15.6. The summed E-state index contributed by atoms with van der Waals surface area (Å²) in [7, 11) is 0. The lowest BCUT2D eigenvalue weighted by Crippen LogP contribution is -2.49. The Morgan fingerprint density at radius 1 is 1.04 bits per heavy atom. The van der Waals surface area contributed by atoms with Crippen molar-refractivity contribution in [1.82, 2.24) is 20.1 Å². The molecule has 2 saturated heterocycles. The molecule has 0 saturated carbocycles. The maximum absolute atomic E-state index is 5.92. The van der Waals surface area contributed by atoms with E-state index in [0.717, 1.165) is 63.5 Å². The van der Waals surface area contributed by atoms with Crippen LogP contribution in [0, 0.1) is 0 Å². The first-order valence-corrected chi connectivity index (χ1v) is 9.57. The summed E-state index contributed by atoms with van der Waals surface area (Å²) in [5, 5.41) is 8.48. The highest BCUT2D eigenvalue weighted by Crippen LogP contribution is 2.26. The van der Waals surface area contributed by atoms with E-state index in [4.69, 9.17) is 9.15 Å². The molecule has 2 aliphatic rings. The Morgan fingerprint density at radius 2 is 1.81 bits per heavy atom. The Kier molecular flexibility index (Phi) is 5.17. The molecule has 26 heavy (non-hydrogen) atoms. The first kappa shape index (κ1) is 17.4. The lowest BCUT2D eigenvalue weighted by molar-refractivity contribution is 0.0113. The van der Waals surface area contributed by atoms with Crippen LogP contribution in [0.15, 0.2) is 22.7 Å². The molecule has 2 aliphatic heterocycles. The molecule has 0 radical (unpaired) electrons. The van der Waals surface area contributed by atoms with E-state index in [1.165, 1.54) is 0 Å². The molecule has 0 spiro atoms. The van der Waals surface area contributed by atoms with Gasteiger partial charge < -0.3 is 14.1 Å². The third-order valence-corrected chi connectivity index (χ3v) is 5.34. The molecular weight excluding hydrogens is 330 g/mol. The van der Waals surface area contributed by atoms with Crippen molar-refractivity contribution >= 4 is 6.01 Å². The zero-order valence-electron chi connectivity index (χ0n) is 15.6. The maximum atomic E-state index is 5.92. The van der Waals surface area contributed by atoms with E-state index in [1.54, 1.807) is 0 Å². The number of rotatable bonds is 4. The molecule has 7 heteroatoms. The fourth-order valence-corrected chi connectivity index (χ4v) is 3.70. The van der Waals surface area contributed by atoms with E-state index in [0.29, 0.717) is 23.9 Å². The predicted octanol–water partition coefficient (Wildman–Crippen LogP) is 2.56. The third-order valence-electron chi connectivity index (χ3n) is 5.34. The minimum Gasteiger partial charge on any atom is -0.403 e. The van der Waals surface area contributed by atoms with Crippen molar-refractivity contribution in [3.05, 3.63) is 24.0 Å². The van der Waals surface area contributed by atoms with Gasteiger partial charge in [0.05, 0.1) is 18.8 Å². The first-order valence-electron chi connectivity index (χ1n) is 9.57. The molecule has 0 aliphatic carbocycles. The predicted molar refractivity (Wildman–Crippen MR) is 99.2 cm³/mol. The highest BCUT2D eigenvalue weighted by molar-refractivity contribution is 5.52. The SMILES string of the molecule is CC(C)c1ccc(-c2nnc(N3CCC(N4CCOCC4)CC3)o2)cn1. The Morgan fingerprint density at radius 3 is 2.46 bits per heavy atom. The van der Waals surface area contributed by atoms with Crippen LogP contribution < -0.4 is 4.90 Å². The molecule has 0 N–H and O–H groups in total. The number of piperidine rings is 1. The second kappa shape index (κ2) is 7.72. The first-order chi connectivity index (χ1) is 12.7. The van der Waals surface area contributed by atoms with E-state index in [1.807, 2.05) is 18.3 Å². The molecule has 0 unspecified atom stereocenters. The molecule has 2 aromatic heterocycles. The van der Waals surface area contributed by atoms with E-state index >= 15 is 0 Å². The fraction of sp³-hybridized carbons (Fsp3) is 0.632. The summed E-state index contributed by atoms with van der Waals surface area (Å²) >= 11 is 0. The van der Waals surface area contributed by atoms with Crippen molar-refractivity contribution in [1.29, 1.82) is 0 Å². The van der Waals surface area contributed by atoms with Gasteiger partial charge in [0.15, 0.2) is 0 Å². The van der Waals surface area contributed by atoms with Crippen LogP contribution in [0.4, 0.5) is 6.01 Å². The number of hydrogen-bond donors (Lipinski definition) is 0. The van der Waals surface area contributed by atoms with Crippen LogP contribution in [0.25, 0.3) is 11.5 Å². The van der Waals surface area contributed by atoms with Crippen molar-refractivity contribution in [3.63, 3.8) is 0 Å². The number of morpholine rings is 1. The maximum Gasteiger partial charge on any atom is 0.318 e. The summed E-state index contributed by atoms with van der Waals surface area (Å²) < 4.78 is 11.4. The van der Waals surface area contributed by atoms with Gasteiger partial charge in [0, 0.05) is 44.1 Å². The van der Waals surface area contributed by atoms with E-state index in [2.05, 4.69) is 38.8 Å². The smallest absolute Gasteiger partial charge is 0.318 e. The highest BCUT2D eigenvalue weighted by Gasteiger charge is 2.28. The summed E-state index contributed by atoms with van der Waals surface area (Å²) in [6.45, 7) is 9.99. The molecule has 7 nitrogen and oxygen atoms in total. The van der Waals surface area contributed by atoms with Crippen molar-refractivity contribution in [2.45, 2.75) is 38.6 Å². The van der Waals surface area contributed by atoms with Crippen LogP contribution in [0.3, 0.4) is 0 Å². The zero-order chi connectivity index (χ0) is 17.9. The molecule has 4 heterocycles. The minimum absolute atomic E-state index is 0.412. The summed E-state index contributed by atoms with van der Waals surface area (Å²) in [4.78, 5) is 9.24. The van der Waals surface area contributed by atoms with Crippen LogP contribution in [0.1, 0.15) is 38.3 Å². The average Bonchev–Trinajstić information content (AvgIpc) is 3.19. The van der Waals surface area contributed by atoms with Gasteiger partial charge in [0.1, 0.15) is 0 Å². The topological polar surface area (TPSA) is 67.5 Å². The summed E-state index contributed by atoms with van der Waals surface area (Å²) in [5.41, 5.74) is 1.94. The normalized spacial score (nSPS) is 20.0. The molecule has 140 valence electrons. The number of anilines is 1. The van der Waals surface area contributed by atoms with Gasteiger partial charge in [-0.1, -0.05) is 18.9 Å². The molecule has 0 atom stereocenters. The summed E-state index contributed by atoms with van der Waals surface area (Å²) in [5.74, 6) is 0.952. The van der Waals surface area contributed by atoms with Crippen molar-refractivity contribution in [2.75, 3.05) is 44.3 Å². The van der Waals surface area contributed by atoms with Crippen LogP contribution in [-0.4, -0.2) is 65.5 Å². The lowest BCUT2D eigenvalue weighted by atomic mass is 10.0. The standard InChI is InChI=1S/C19H27N5O2/c1-14(2)17-4-3-15(13-20-17)18-21-22-19(26-18)24-7-5-16(6-8-24)23-9-11-25-12-10-23/h3-4,13-14,16H,5-12H2,1-2H3. The Labute approximate surface area is 154 Å². The molecule has 4 rings (SSSR count). The highest BCUT2D eigenvalue weighted by atomic mass is 16.5. The second-order valence-corrected chi connectivity index (χ2v) is 7.38. The molecule has 2 fully saturated rings. The molecular formula is C19H27N5O2. The number of nitrogens with zero attached hydrogens (tertiary/aromatic N) is 5. The van der Waals surface area contributed by atoms with Gasteiger partial charge >= 0.3 is 6.01 Å². The molecule has 0 aromatic carbocycles. The van der Waals surface area contributed by atoms with Crippen LogP contribution >= 0.6 is 0 Å². The Hall–Kier alpha value is -1.99. The fourth-order valence-electron chi connectivity index (χ4n) is 3.70.